The lowest BCUT2D eigenvalue weighted by Crippen LogP contribution is -2.14. The smallest absolute Gasteiger partial charge is 0.299 e. The molecular weight excluding hydrogens is 399 g/mol. The van der Waals surface area contributed by atoms with Crippen LogP contribution < -0.4 is 4.72 Å². The van der Waals surface area contributed by atoms with Crippen molar-refractivity contribution in [3.05, 3.63) is 38.7 Å². The number of nitrogens with zero attached hydrogens (tertiary/aromatic N) is 1. The highest BCUT2D eigenvalue weighted by Gasteiger charge is 2.35. The molecule has 0 spiro atoms. The second kappa shape index (κ2) is 5.50. The Morgan fingerprint density at radius 1 is 1.45 bits per heavy atom. The Balaban J connectivity index is 1.96. The predicted molar refractivity (Wildman–Crippen MR) is 83.1 cm³/mol. The van der Waals surface area contributed by atoms with Gasteiger partial charge in [0.1, 0.15) is 10.7 Å². The van der Waals surface area contributed by atoms with Gasteiger partial charge in [-0.15, -0.1) is 0 Å². The molecule has 0 radical (unpaired) electrons. The van der Waals surface area contributed by atoms with Gasteiger partial charge in [0.2, 0.25) is 0 Å². The van der Waals surface area contributed by atoms with Crippen LogP contribution in [0.1, 0.15) is 30.0 Å². The van der Waals surface area contributed by atoms with Crippen molar-refractivity contribution >= 4 is 43.2 Å². The molecule has 0 bridgehead atoms. The monoisotopic (exact) mass is 408 g/mol. The molecule has 0 atom stereocenters. The summed E-state index contributed by atoms with van der Waals surface area (Å²) in [5.41, 5.74) is 0.554. The molecular formula is C13H11BrClFN2O3S. The van der Waals surface area contributed by atoms with E-state index in [-0.39, 0.29) is 16.6 Å². The average Bonchev–Trinajstić information content (AvgIpc) is 3.22. The Morgan fingerprint density at radius 2 is 2.14 bits per heavy atom. The van der Waals surface area contributed by atoms with E-state index in [0.29, 0.717) is 15.7 Å². The first-order valence-corrected chi connectivity index (χ1v) is 9.09. The van der Waals surface area contributed by atoms with Crippen LogP contribution in [0.2, 0.25) is 5.02 Å². The lowest BCUT2D eigenvalue weighted by Gasteiger charge is -2.09. The second-order valence-corrected chi connectivity index (χ2v) is 7.90. The van der Waals surface area contributed by atoms with Crippen LogP contribution >= 0.6 is 27.5 Å². The maximum Gasteiger partial charge on any atom is 0.299 e. The van der Waals surface area contributed by atoms with Crippen LogP contribution in [0.5, 0.6) is 0 Å². The number of anilines is 1. The molecule has 1 N–H and O–H groups in total. The lowest BCUT2D eigenvalue weighted by atomic mass is 10.2. The summed E-state index contributed by atoms with van der Waals surface area (Å²) in [6.45, 7) is 1.53. The highest BCUT2D eigenvalue weighted by atomic mass is 79.9. The van der Waals surface area contributed by atoms with Gasteiger partial charge in [-0.2, -0.15) is 8.42 Å². The van der Waals surface area contributed by atoms with Crippen LogP contribution in [0, 0.1) is 12.7 Å². The van der Waals surface area contributed by atoms with Crippen molar-refractivity contribution in [2.24, 2.45) is 0 Å². The molecule has 1 heterocycles. The van der Waals surface area contributed by atoms with Crippen LogP contribution in [0.25, 0.3) is 0 Å². The molecule has 1 aromatic carbocycles. The van der Waals surface area contributed by atoms with E-state index in [1.54, 1.807) is 6.07 Å². The first-order valence-electron chi connectivity index (χ1n) is 6.43. The van der Waals surface area contributed by atoms with Crippen LogP contribution in [0.3, 0.4) is 0 Å². The molecule has 0 unspecified atom stereocenters. The second-order valence-electron chi connectivity index (χ2n) is 5.08. The van der Waals surface area contributed by atoms with Gasteiger partial charge in [0.05, 0.1) is 5.69 Å². The maximum atomic E-state index is 14.1. The number of halogens is 3. The van der Waals surface area contributed by atoms with Gasteiger partial charge in [-0.3, -0.25) is 4.72 Å². The van der Waals surface area contributed by atoms with Gasteiger partial charge in [-0.25, -0.2) is 4.39 Å². The van der Waals surface area contributed by atoms with Gasteiger partial charge in [0.25, 0.3) is 15.1 Å². The van der Waals surface area contributed by atoms with Gasteiger partial charge in [-0.1, -0.05) is 32.7 Å². The van der Waals surface area contributed by atoms with Crippen molar-refractivity contribution in [3.8, 4) is 0 Å². The van der Waals surface area contributed by atoms with Crippen LogP contribution in [-0.4, -0.2) is 13.6 Å². The highest BCUT2D eigenvalue weighted by molar-refractivity contribution is 9.10. The molecule has 1 saturated carbocycles. The molecule has 9 heteroatoms. The number of sulfonamides is 1. The van der Waals surface area contributed by atoms with Crippen molar-refractivity contribution < 1.29 is 17.3 Å². The number of nitrogens with one attached hydrogen (secondary N) is 1. The maximum absolute atomic E-state index is 14.1. The largest absolute Gasteiger partial charge is 0.341 e. The van der Waals surface area contributed by atoms with E-state index < -0.39 is 20.9 Å². The molecule has 1 aliphatic rings. The van der Waals surface area contributed by atoms with Gasteiger partial charge in [0, 0.05) is 16.0 Å². The summed E-state index contributed by atoms with van der Waals surface area (Å²) in [4.78, 5) is 0. The molecule has 1 fully saturated rings. The van der Waals surface area contributed by atoms with E-state index in [0.717, 1.165) is 12.8 Å². The number of hydrogen-bond donors (Lipinski definition) is 1. The molecule has 2 aromatic rings. The SMILES string of the molecule is Cc1c(Br)ccc(NS(=O)(=O)c2onc(C3CC3)c2Cl)c1F. The minimum Gasteiger partial charge on any atom is -0.341 e. The van der Waals surface area contributed by atoms with Crippen molar-refractivity contribution in [1.29, 1.82) is 0 Å². The first-order chi connectivity index (χ1) is 10.3. The van der Waals surface area contributed by atoms with Crippen LogP contribution in [-0.2, 0) is 10.0 Å². The Morgan fingerprint density at radius 3 is 2.77 bits per heavy atom. The quantitative estimate of drug-likeness (QED) is 0.821. The summed E-state index contributed by atoms with van der Waals surface area (Å²) in [5, 5.41) is 3.18. The normalized spacial score (nSPS) is 15.1. The first kappa shape index (κ1) is 15.8. The zero-order valence-corrected chi connectivity index (χ0v) is 14.5. The van der Waals surface area contributed by atoms with E-state index in [1.807, 2.05) is 0 Å². The molecule has 1 aromatic heterocycles. The number of aromatic nitrogens is 1. The average molecular weight is 410 g/mol. The van der Waals surface area contributed by atoms with E-state index in [1.165, 1.54) is 13.0 Å². The van der Waals surface area contributed by atoms with E-state index in [9.17, 15) is 12.8 Å². The zero-order chi connectivity index (χ0) is 16.1. The zero-order valence-electron chi connectivity index (χ0n) is 11.4. The molecule has 22 heavy (non-hydrogen) atoms. The fraction of sp³-hybridized carbons (Fsp3) is 0.308. The van der Waals surface area contributed by atoms with E-state index >= 15 is 0 Å². The van der Waals surface area contributed by atoms with Gasteiger partial charge < -0.3 is 4.52 Å². The van der Waals surface area contributed by atoms with E-state index in [4.69, 9.17) is 16.1 Å². The van der Waals surface area contributed by atoms with Crippen molar-refractivity contribution in [1.82, 2.24) is 5.16 Å². The van der Waals surface area contributed by atoms with Crippen LogP contribution in [0.4, 0.5) is 10.1 Å². The fourth-order valence-corrected chi connectivity index (χ4v) is 3.83. The minimum absolute atomic E-state index is 0.0377. The van der Waals surface area contributed by atoms with Gasteiger partial charge >= 0.3 is 0 Å². The van der Waals surface area contributed by atoms with Crippen molar-refractivity contribution in [2.45, 2.75) is 30.8 Å². The summed E-state index contributed by atoms with van der Waals surface area (Å²) >= 11 is 9.21. The Kier molecular flexibility index (Phi) is 3.94. The summed E-state index contributed by atoms with van der Waals surface area (Å²) in [6, 6.07) is 2.87. The van der Waals surface area contributed by atoms with Crippen LogP contribution in [0.15, 0.2) is 26.2 Å². The predicted octanol–water partition coefficient (Wildman–Crippen LogP) is 4.22. The summed E-state index contributed by atoms with van der Waals surface area (Å²) in [6.07, 6.45) is 1.80. The number of benzene rings is 1. The van der Waals surface area contributed by atoms with Gasteiger partial charge in [-0.05, 0) is 31.9 Å². The summed E-state index contributed by atoms with van der Waals surface area (Å²) < 4.78 is 46.3. The molecule has 5 nitrogen and oxygen atoms in total. The Bertz CT molecular complexity index is 849. The summed E-state index contributed by atoms with van der Waals surface area (Å²) in [5.74, 6) is -0.525. The van der Waals surface area contributed by atoms with Crippen molar-refractivity contribution in [3.63, 3.8) is 0 Å². The van der Waals surface area contributed by atoms with Crippen molar-refractivity contribution in [2.75, 3.05) is 4.72 Å². The highest BCUT2D eigenvalue weighted by Crippen LogP contribution is 2.44. The molecule has 0 amide bonds. The lowest BCUT2D eigenvalue weighted by molar-refractivity contribution is 0.335. The third kappa shape index (κ3) is 2.75. The number of hydrogen-bond acceptors (Lipinski definition) is 4. The Labute approximate surface area is 140 Å². The summed E-state index contributed by atoms with van der Waals surface area (Å²) in [7, 11) is -4.15. The minimum atomic E-state index is -4.15. The standard InChI is InChI=1S/C13H11BrClFN2O3S/c1-6-8(14)4-5-9(11(6)16)18-22(19,20)13-10(15)12(17-21-13)7-2-3-7/h4-5,7,18H,2-3H2,1H3. The number of rotatable bonds is 4. The van der Waals surface area contributed by atoms with Gasteiger partial charge in [0.15, 0.2) is 5.82 Å². The molecule has 1 aliphatic carbocycles. The molecule has 0 saturated heterocycles. The van der Waals surface area contributed by atoms with E-state index in [2.05, 4.69) is 25.8 Å². The molecule has 3 rings (SSSR count). The topological polar surface area (TPSA) is 72.2 Å². The fourth-order valence-electron chi connectivity index (χ4n) is 1.98. The molecule has 118 valence electrons. The third-order valence-electron chi connectivity index (χ3n) is 3.40. The molecule has 0 aliphatic heterocycles. The third-order valence-corrected chi connectivity index (χ3v) is 6.00. The Hall–Kier alpha value is -1.12.